The molecule has 1 aliphatic rings. The second-order valence-electron chi connectivity index (χ2n) is 4.38. The fourth-order valence-corrected chi connectivity index (χ4v) is 1.78. The number of hydrogen-bond donors (Lipinski definition) is 2. The van der Waals surface area contributed by atoms with Crippen molar-refractivity contribution in [2.24, 2.45) is 4.99 Å². The van der Waals surface area contributed by atoms with Crippen molar-refractivity contribution in [1.82, 2.24) is 10.6 Å². The molecule has 1 aromatic rings. The minimum Gasteiger partial charge on any atom is -0.484 e. The van der Waals surface area contributed by atoms with Crippen LogP contribution in [0.15, 0.2) is 29.3 Å². The highest BCUT2D eigenvalue weighted by atomic mass is 19.4. The summed E-state index contributed by atoms with van der Waals surface area (Å²) in [7, 11) is 0. The molecule has 110 valence electrons. The number of aliphatic imine (C=N–C) groups is 1. The molecule has 7 heteroatoms. The maximum Gasteiger partial charge on any atom is 0.422 e. The van der Waals surface area contributed by atoms with Crippen LogP contribution in [0.5, 0.6) is 5.75 Å². The Labute approximate surface area is 115 Å². The Morgan fingerprint density at radius 2 is 2.10 bits per heavy atom. The Morgan fingerprint density at radius 3 is 2.80 bits per heavy atom. The highest BCUT2D eigenvalue weighted by Crippen LogP contribution is 2.22. The smallest absolute Gasteiger partial charge is 0.422 e. The van der Waals surface area contributed by atoms with Gasteiger partial charge in [-0.15, -0.1) is 0 Å². The van der Waals surface area contributed by atoms with Gasteiger partial charge in [0.1, 0.15) is 5.75 Å². The molecule has 0 bridgehead atoms. The molecule has 2 N–H and O–H groups in total. The van der Waals surface area contributed by atoms with Crippen molar-refractivity contribution >= 4 is 5.96 Å². The topological polar surface area (TPSA) is 45.6 Å². The first kappa shape index (κ1) is 14.5. The van der Waals surface area contributed by atoms with Gasteiger partial charge in [-0.1, -0.05) is 18.2 Å². The SMILES string of the molecule is FC(F)(F)COc1ccccc1CNC1=NCCCN1. The van der Waals surface area contributed by atoms with Gasteiger partial charge in [0.15, 0.2) is 12.6 Å². The maximum atomic E-state index is 12.2. The van der Waals surface area contributed by atoms with E-state index in [0.717, 1.165) is 19.5 Å². The fraction of sp³-hybridized carbons (Fsp3) is 0.462. The Bertz CT molecular complexity index is 474. The Hall–Kier alpha value is -1.92. The van der Waals surface area contributed by atoms with Crippen LogP contribution < -0.4 is 15.4 Å². The van der Waals surface area contributed by atoms with Gasteiger partial charge in [0.25, 0.3) is 0 Å². The van der Waals surface area contributed by atoms with Crippen LogP contribution in [0, 0.1) is 0 Å². The lowest BCUT2D eigenvalue weighted by atomic mass is 10.2. The van der Waals surface area contributed by atoms with Gasteiger partial charge in [-0.05, 0) is 12.5 Å². The average molecular weight is 287 g/mol. The summed E-state index contributed by atoms with van der Waals surface area (Å²) < 4.78 is 41.4. The summed E-state index contributed by atoms with van der Waals surface area (Å²) in [6.07, 6.45) is -3.36. The summed E-state index contributed by atoms with van der Waals surface area (Å²) >= 11 is 0. The van der Waals surface area contributed by atoms with Crippen LogP contribution in [0.25, 0.3) is 0 Å². The zero-order valence-corrected chi connectivity index (χ0v) is 10.8. The number of nitrogens with zero attached hydrogens (tertiary/aromatic N) is 1. The predicted molar refractivity (Wildman–Crippen MR) is 69.8 cm³/mol. The van der Waals surface area contributed by atoms with Gasteiger partial charge in [-0.2, -0.15) is 13.2 Å². The average Bonchev–Trinajstić information content (AvgIpc) is 2.44. The fourth-order valence-electron chi connectivity index (χ4n) is 1.78. The molecule has 0 unspecified atom stereocenters. The standard InChI is InChI=1S/C13H16F3N3O/c14-13(15,16)9-20-11-5-2-1-4-10(11)8-19-12-17-6-3-7-18-12/h1-2,4-5H,3,6-9H2,(H2,17,18,19). The Morgan fingerprint density at radius 1 is 1.30 bits per heavy atom. The molecular formula is C13H16F3N3O. The lowest BCUT2D eigenvalue weighted by molar-refractivity contribution is -0.153. The number of guanidine groups is 1. The normalized spacial score (nSPS) is 15.2. The molecule has 1 aliphatic heterocycles. The third-order valence-corrected chi connectivity index (χ3v) is 2.71. The highest BCUT2D eigenvalue weighted by Gasteiger charge is 2.28. The zero-order chi connectivity index (χ0) is 14.4. The van der Waals surface area contributed by atoms with E-state index in [1.807, 2.05) is 0 Å². The third kappa shape index (κ3) is 4.64. The summed E-state index contributed by atoms with van der Waals surface area (Å²) in [5, 5.41) is 6.14. The minimum atomic E-state index is -4.34. The number of rotatable bonds is 4. The van der Waals surface area contributed by atoms with E-state index in [0.29, 0.717) is 18.1 Å². The maximum absolute atomic E-state index is 12.2. The summed E-state index contributed by atoms with van der Waals surface area (Å²) in [4.78, 5) is 4.23. The monoisotopic (exact) mass is 287 g/mol. The summed E-state index contributed by atoms with van der Waals surface area (Å²) in [6, 6.07) is 6.65. The van der Waals surface area contributed by atoms with Crippen molar-refractivity contribution in [2.45, 2.75) is 19.1 Å². The number of benzene rings is 1. The quantitative estimate of drug-likeness (QED) is 0.891. The van der Waals surface area contributed by atoms with Crippen molar-refractivity contribution in [3.63, 3.8) is 0 Å². The molecule has 0 fully saturated rings. The van der Waals surface area contributed by atoms with Gasteiger partial charge in [-0.25, -0.2) is 0 Å². The third-order valence-electron chi connectivity index (χ3n) is 2.71. The van der Waals surface area contributed by atoms with E-state index in [-0.39, 0.29) is 5.75 Å². The van der Waals surface area contributed by atoms with E-state index < -0.39 is 12.8 Å². The van der Waals surface area contributed by atoms with E-state index in [4.69, 9.17) is 4.74 Å². The Balaban J connectivity index is 1.95. The molecule has 0 amide bonds. The molecular weight excluding hydrogens is 271 g/mol. The lowest BCUT2D eigenvalue weighted by Crippen LogP contribution is -2.40. The van der Waals surface area contributed by atoms with E-state index in [2.05, 4.69) is 15.6 Å². The number of nitrogens with one attached hydrogen (secondary N) is 2. The molecule has 4 nitrogen and oxygen atoms in total. The number of halogens is 3. The van der Waals surface area contributed by atoms with Crippen LogP contribution in [-0.2, 0) is 6.54 Å². The van der Waals surface area contributed by atoms with Crippen LogP contribution in [0.1, 0.15) is 12.0 Å². The first-order chi connectivity index (χ1) is 9.54. The molecule has 20 heavy (non-hydrogen) atoms. The first-order valence-electron chi connectivity index (χ1n) is 6.34. The van der Waals surface area contributed by atoms with Crippen molar-refractivity contribution in [3.8, 4) is 5.75 Å². The predicted octanol–water partition coefficient (Wildman–Crippen LogP) is 2.07. The van der Waals surface area contributed by atoms with Gasteiger partial charge >= 0.3 is 6.18 Å². The molecule has 0 atom stereocenters. The molecule has 0 saturated heterocycles. The molecule has 0 aliphatic carbocycles. The van der Waals surface area contributed by atoms with Crippen LogP contribution in [0.4, 0.5) is 13.2 Å². The van der Waals surface area contributed by atoms with E-state index >= 15 is 0 Å². The van der Waals surface area contributed by atoms with Gasteiger partial charge in [0, 0.05) is 25.2 Å². The van der Waals surface area contributed by atoms with Crippen LogP contribution in [0.3, 0.4) is 0 Å². The number of alkyl halides is 3. The largest absolute Gasteiger partial charge is 0.484 e. The van der Waals surface area contributed by atoms with Gasteiger partial charge in [0.05, 0.1) is 0 Å². The Kier molecular flexibility index (Phi) is 4.70. The van der Waals surface area contributed by atoms with Gasteiger partial charge in [0.2, 0.25) is 0 Å². The number of hydrogen-bond acceptors (Lipinski definition) is 4. The van der Waals surface area contributed by atoms with Crippen molar-refractivity contribution in [2.75, 3.05) is 19.7 Å². The minimum absolute atomic E-state index is 0.230. The van der Waals surface area contributed by atoms with E-state index in [1.54, 1.807) is 18.2 Å². The van der Waals surface area contributed by atoms with E-state index in [9.17, 15) is 13.2 Å². The highest BCUT2D eigenvalue weighted by molar-refractivity contribution is 5.80. The zero-order valence-electron chi connectivity index (χ0n) is 10.8. The molecule has 1 heterocycles. The van der Waals surface area contributed by atoms with Crippen molar-refractivity contribution in [1.29, 1.82) is 0 Å². The summed E-state index contributed by atoms with van der Waals surface area (Å²) in [5.41, 5.74) is 0.659. The second-order valence-corrected chi connectivity index (χ2v) is 4.38. The molecule has 2 rings (SSSR count). The number of para-hydroxylation sites is 1. The molecule has 0 aromatic heterocycles. The van der Waals surface area contributed by atoms with Crippen LogP contribution in [-0.4, -0.2) is 31.8 Å². The second kappa shape index (κ2) is 6.49. The molecule has 0 spiro atoms. The molecule has 0 radical (unpaired) electrons. The van der Waals surface area contributed by atoms with Gasteiger partial charge < -0.3 is 15.4 Å². The molecule has 1 aromatic carbocycles. The van der Waals surface area contributed by atoms with Crippen LogP contribution >= 0.6 is 0 Å². The van der Waals surface area contributed by atoms with Gasteiger partial charge in [-0.3, -0.25) is 4.99 Å². The summed E-state index contributed by atoms with van der Waals surface area (Å²) in [5.74, 6) is 0.899. The van der Waals surface area contributed by atoms with Crippen molar-refractivity contribution in [3.05, 3.63) is 29.8 Å². The summed E-state index contributed by atoms with van der Waals surface area (Å²) in [6.45, 7) is 0.669. The number of ether oxygens (including phenoxy) is 1. The molecule has 0 saturated carbocycles. The van der Waals surface area contributed by atoms with E-state index in [1.165, 1.54) is 6.07 Å². The van der Waals surface area contributed by atoms with Crippen LogP contribution in [0.2, 0.25) is 0 Å². The first-order valence-corrected chi connectivity index (χ1v) is 6.34. The lowest BCUT2D eigenvalue weighted by Gasteiger charge is -2.17. The van der Waals surface area contributed by atoms with Crippen molar-refractivity contribution < 1.29 is 17.9 Å².